The standard InChI is InChI=1S/C10H15N3O2/c1-10(2,3)15-9(14)13-7-8-11-5-4-6-12-8/h4-6H,7H2,1-3H3,(H,13,14). The molecule has 5 heteroatoms. The van der Waals surface area contributed by atoms with Gasteiger partial charge in [0.15, 0.2) is 0 Å². The molecule has 1 amide bonds. The monoisotopic (exact) mass is 209 g/mol. The molecule has 0 aliphatic rings. The second kappa shape index (κ2) is 4.72. The maximum atomic E-state index is 11.2. The molecule has 0 spiro atoms. The molecule has 1 rings (SSSR count). The number of hydrogen-bond acceptors (Lipinski definition) is 4. The quantitative estimate of drug-likeness (QED) is 0.801. The molecule has 1 heterocycles. The summed E-state index contributed by atoms with van der Waals surface area (Å²) in [6.45, 7) is 5.71. The lowest BCUT2D eigenvalue weighted by molar-refractivity contribution is 0.0522. The van der Waals surface area contributed by atoms with Crippen molar-refractivity contribution in [2.45, 2.75) is 32.9 Å². The van der Waals surface area contributed by atoms with Crippen LogP contribution < -0.4 is 5.32 Å². The Balaban J connectivity index is 2.35. The molecule has 1 aromatic rings. The highest BCUT2D eigenvalue weighted by Crippen LogP contribution is 2.06. The van der Waals surface area contributed by atoms with Crippen molar-refractivity contribution in [3.8, 4) is 0 Å². The van der Waals surface area contributed by atoms with Crippen molar-refractivity contribution in [1.82, 2.24) is 15.3 Å². The summed E-state index contributed by atoms with van der Waals surface area (Å²) < 4.78 is 5.05. The number of alkyl carbamates (subject to hydrolysis) is 1. The predicted molar refractivity (Wildman–Crippen MR) is 55.1 cm³/mol. The van der Waals surface area contributed by atoms with Gasteiger partial charge in [-0.25, -0.2) is 14.8 Å². The molecule has 0 saturated heterocycles. The van der Waals surface area contributed by atoms with Gasteiger partial charge in [0, 0.05) is 12.4 Å². The zero-order valence-corrected chi connectivity index (χ0v) is 9.15. The van der Waals surface area contributed by atoms with Gasteiger partial charge in [-0.15, -0.1) is 0 Å². The van der Waals surface area contributed by atoms with E-state index in [-0.39, 0.29) is 6.54 Å². The highest BCUT2D eigenvalue weighted by atomic mass is 16.6. The Morgan fingerprint density at radius 3 is 2.53 bits per heavy atom. The second-order valence-electron chi connectivity index (χ2n) is 4.02. The van der Waals surface area contributed by atoms with E-state index in [9.17, 15) is 4.79 Å². The average molecular weight is 209 g/mol. The Morgan fingerprint density at radius 2 is 2.00 bits per heavy atom. The summed E-state index contributed by atoms with van der Waals surface area (Å²) in [5, 5.41) is 2.57. The van der Waals surface area contributed by atoms with Gasteiger partial charge in [0.2, 0.25) is 0 Å². The fourth-order valence-corrected chi connectivity index (χ4v) is 0.887. The minimum Gasteiger partial charge on any atom is -0.444 e. The lowest BCUT2D eigenvalue weighted by atomic mass is 10.2. The van der Waals surface area contributed by atoms with E-state index in [4.69, 9.17) is 4.74 Å². The van der Waals surface area contributed by atoms with Gasteiger partial charge in [0.25, 0.3) is 0 Å². The molecule has 1 aromatic heterocycles. The topological polar surface area (TPSA) is 64.1 Å². The number of aromatic nitrogens is 2. The Morgan fingerprint density at radius 1 is 1.40 bits per heavy atom. The van der Waals surface area contributed by atoms with E-state index < -0.39 is 11.7 Å². The first-order valence-electron chi connectivity index (χ1n) is 4.70. The minimum absolute atomic E-state index is 0.274. The summed E-state index contributed by atoms with van der Waals surface area (Å²) in [6.07, 6.45) is 2.79. The third-order valence-corrected chi connectivity index (χ3v) is 1.41. The molecule has 0 bridgehead atoms. The number of nitrogens with one attached hydrogen (secondary N) is 1. The Labute approximate surface area is 88.9 Å². The predicted octanol–water partition coefficient (Wildman–Crippen LogP) is 1.50. The van der Waals surface area contributed by atoms with E-state index in [2.05, 4.69) is 15.3 Å². The third-order valence-electron chi connectivity index (χ3n) is 1.41. The molecule has 0 unspecified atom stereocenters. The van der Waals surface area contributed by atoms with Gasteiger partial charge in [-0.05, 0) is 26.8 Å². The Bertz CT molecular complexity index is 319. The normalized spacial score (nSPS) is 10.9. The van der Waals surface area contributed by atoms with Crippen LogP contribution in [0.5, 0.6) is 0 Å². The van der Waals surface area contributed by atoms with Gasteiger partial charge in [0.05, 0.1) is 6.54 Å². The van der Waals surface area contributed by atoms with E-state index in [1.54, 1.807) is 18.5 Å². The minimum atomic E-state index is -0.484. The van der Waals surface area contributed by atoms with E-state index in [0.29, 0.717) is 5.82 Å². The molecule has 0 aliphatic carbocycles. The number of nitrogens with zero attached hydrogens (tertiary/aromatic N) is 2. The smallest absolute Gasteiger partial charge is 0.408 e. The number of carbonyl (C=O) groups is 1. The van der Waals surface area contributed by atoms with Gasteiger partial charge >= 0.3 is 6.09 Å². The van der Waals surface area contributed by atoms with Crippen LogP contribution >= 0.6 is 0 Å². The molecule has 5 nitrogen and oxygen atoms in total. The van der Waals surface area contributed by atoms with Crippen LogP contribution in [-0.2, 0) is 11.3 Å². The van der Waals surface area contributed by atoms with Gasteiger partial charge < -0.3 is 10.1 Å². The maximum Gasteiger partial charge on any atom is 0.408 e. The zero-order chi connectivity index (χ0) is 11.3. The zero-order valence-electron chi connectivity index (χ0n) is 9.15. The number of rotatable bonds is 2. The molecule has 1 N–H and O–H groups in total. The number of carbonyl (C=O) groups excluding carboxylic acids is 1. The van der Waals surface area contributed by atoms with Crippen molar-refractivity contribution >= 4 is 6.09 Å². The molecular formula is C10H15N3O2. The average Bonchev–Trinajstić information content (AvgIpc) is 2.14. The first-order chi connectivity index (χ1) is 6.97. The van der Waals surface area contributed by atoms with E-state index in [1.165, 1.54) is 0 Å². The van der Waals surface area contributed by atoms with Crippen LogP contribution in [0, 0.1) is 0 Å². The maximum absolute atomic E-state index is 11.2. The van der Waals surface area contributed by atoms with E-state index >= 15 is 0 Å². The second-order valence-corrected chi connectivity index (χ2v) is 4.02. The SMILES string of the molecule is CC(C)(C)OC(=O)NCc1ncccn1. The fourth-order valence-electron chi connectivity index (χ4n) is 0.887. The van der Waals surface area contributed by atoms with Gasteiger partial charge in [0.1, 0.15) is 11.4 Å². The van der Waals surface area contributed by atoms with Crippen LogP contribution in [0.3, 0.4) is 0 Å². The molecule has 82 valence electrons. The van der Waals surface area contributed by atoms with Crippen LogP contribution in [0.2, 0.25) is 0 Å². The van der Waals surface area contributed by atoms with Gasteiger partial charge in [-0.1, -0.05) is 0 Å². The highest BCUT2D eigenvalue weighted by molar-refractivity contribution is 5.67. The van der Waals surface area contributed by atoms with Crippen molar-refractivity contribution < 1.29 is 9.53 Å². The lowest BCUT2D eigenvalue weighted by Gasteiger charge is -2.19. The Kier molecular flexibility index (Phi) is 3.60. The number of amides is 1. The molecule has 0 atom stereocenters. The largest absolute Gasteiger partial charge is 0.444 e. The van der Waals surface area contributed by atoms with Crippen molar-refractivity contribution in [2.75, 3.05) is 0 Å². The third kappa shape index (κ3) is 4.95. The molecular weight excluding hydrogens is 194 g/mol. The molecule has 15 heavy (non-hydrogen) atoms. The van der Waals surface area contributed by atoms with E-state index in [0.717, 1.165) is 0 Å². The molecule has 0 radical (unpaired) electrons. The number of ether oxygens (including phenoxy) is 1. The van der Waals surface area contributed by atoms with Crippen molar-refractivity contribution in [3.05, 3.63) is 24.3 Å². The molecule has 0 aliphatic heterocycles. The molecule has 0 saturated carbocycles. The van der Waals surface area contributed by atoms with Crippen LogP contribution in [0.1, 0.15) is 26.6 Å². The first kappa shape index (κ1) is 11.4. The summed E-state index contributed by atoms with van der Waals surface area (Å²) >= 11 is 0. The van der Waals surface area contributed by atoms with Gasteiger partial charge in [-0.2, -0.15) is 0 Å². The van der Waals surface area contributed by atoms with Crippen LogP contribution in [-0.4, -0.2) is 21.7 Å². The van der Waals surface area contributed by atoms with Crippen molar-refractivity contribution in [2.24, 2.45) is 0 Å². The van der Waals surface area contributed by atoms with Gasteiger partial charge in [-0.3, -0.25) is 0 Å². The Hall–Kier alpha value is -1.65. The summed E-state index contributed by atoms with van der Waals surface area (Å²) in [7, 11) is 0. The summed E-state index contributed by atoms with van der Waals surface area (Å²) in [5.74, 6) is 0.559. The van der Waals surface area contributed by atoms with E-state index in [1.807, 2.05) is 20.8 Å². The van der Waals surface area contributed by atoms with Crippen LogP contribution in [0.4, 0.5) is 4.79 Å². The van der Waals surface area contributed by atoms with Crippen molar-refractivity contribution in [3.63, 3.8) is 0 Å². The number of hydrogen-bond donors (Lipinski definition) is 1. The van der Waals surface area contributed by atoms with Crippen LogP contribution in [0.15, 0.2) is 18.5 Å². The highest BCUT2D eigenvalue weighted by Gasteiger charge is 2.15. The van der Waals surface area contributed by atoms with Crippen LogP contribution in [0.25, 0.3) is 0 Å². The molecule has 0 aromatic carbocycles. The van der Waals surface area contributed by atoms with Crippen molar-refractivity contribution in [1.29, 1.82) is 0 Å². The summed E-state index contributed by atoms with van der Waals surface area (Å²) in [4.78, 5) is 19.2. The summed E-state index contributed by atoms with van der Waals surface area (Å²) in [6, 6.07) is 1.72. The fraction of sp³-hybridized carbons (Fsp3) is 0.500. The lowest BCUT2D eigenvalue weighted by Crippen LogP contribution is -2.32. The molecule has 0 fully saturated rings. The first-order valence-corrected chi connectivity index (χ1v) is 4.70. The summed E-state index contributed by atoms with van der Waals surface area (Å²) in [5.41, 5.74) is -0.484.